The van der Waals surface area contributed by atoms with E-state index in [0.717, 1.165) is 24.7 Å². The lowest BCUT2D eigenvalue weighted by Crippen LogP contribution is -2.47. The second-order valence-electron chi connectivity index (χ2n) is 4.60. The molecule has 0 spiro atoms. The van der Waals surface area contributed by atoms with Gasteiger partial charge in [-0.05, 0) is 17.7 Å². The molecule has 18 heavy (non-hydrogen) atoms. The van der Waals surface area contributed by atoms with E-state index >= 15 is 0 Å². The van der Waals surface area contributed by atoms with Gasteiger partial charge in [0.25, 0.3) is 6.43 Å². The summed E-state index contributed by atoms with van der Waals surface area (Å²) in [6.45, 7) is 3.82. The predicted molar refractivity (Wildman–Crippen MR) is 69.2 cm³/mol. The van der Waals surface area contributed by atoms with Gasteiger partial charge >= 0.3 is 0 Å². The minimum Gasteiger partial charge on any atom is -0.297 e. The van der Waals surface area contributed by atoms with Crippen LogP contribution in [0.25, 0.3) is 0 Å². The Kier molecular flexibility index (Phi) is 4.92. The number of halogens is 3. The first-order valence-corrected chi connectivity index (χ1v) is 6.48. The fraction of sp³-hybridized carbons (Fsp3) is 0.538. The van der Waals surface area contributed by atoms with Crippen molar-refractivity contribution < 1.29 is 8.78 Å². The van der Waals surface area contributed by atoms with Gasteiger partial charge in [0, 0.05) is 37.7 Å². The van der Waals surface area contributed by atoms with Gasteiger partial charge in [-0.3, -0.25) is 9.80 Å². The molecule has 1 heterocycles. The molecule has 0 aromatic heterocycles. The van der Waals surface area contributed by atoms with Crippen LogP contribution >= 0.6 is 11.6 Å². The molecule has 1 saturated heterocycles. The van der Waals surface area contributed by atoms with Crippen molar-refractivity contribution in [3.8, 4) is 0 Å². The van der Waals surface area contributed by atoms with Crippen molar-refractivity contribution in [2.24, 2.45) is 0 Å². The summed E-state index contributed by atoms with van der Waals surface area (Å²) in [6.07, 6.45) is -2.23. The van der Waals surface area contributed by atoms with Gasteiger partial charge in [0.05, 0.1) is 6.54 Å². The third-order valence-electron chi connectivity index (χ3n) is 3.16. The average molecular weight is 275 g/mol. The predicted octanol–water partition coefficient (Wildman–Crippen LogP) is 2.72. The van der Waals surface area contributed by atoms with E-state index in [1.54, 1.807) is 0 Å². The summed E-state index contributed by atoms with van der Waals surface area (Å²) < 4.78 is 24.5. The van der Waals surface area contributed by atoms with E-state index in [9.17, 15) is 8.78 Å². The molecule has 0 radical (unpaired) electrons. The van der Waals surface area contributed by atoms with Crippen LogP contribution in [0.1, 0.15) is 5.56 Å². The molecule has 1 aliphatic heterocycles. The van der Waals surface area contributed by atoms with Crippen LogP contribution in [0.2, 0.25) is 5.02 Å². The van der Waals surface area contributed by atoms with Crippen molar-refractivity contribution in [3.05, 3.63) is 34.9 Å². The second kappa shape index (κ2) is 6.45. The minimum atomic E-state index is -2.23. The van der Waals surface area contributed by atoms with Crippen LogP contribution in [-0.2, 0) is 6.54 Å². The summed E-state index contributed by atoms with van der Waals surface area (Å²) >= 11 is 5.93. The zero-order chi connectivity index (χ0) is 13.0. The van der Waals surface area contributed by atoms with Crippen LogP contribution < -0.4 is 0 Å². The third-order valence-corrected chi connectivity index (χ3v) is 3.39. The van der Waals surface area contributed by atoms with Gasteiger partial charge in [0.15, 0.2) is 0 Å². The van der Waals surface area contributed by atoms with Gasteiger partial charge in [0.1, 0.15) is 0 Å². The normalized spacial score (nSPS) is 18.4. The smallest absolute Gasteiger partial charge is 0.251 e. The van der Waals surface area contributed by atoms with E-state index in [2.05, 4.69) is 4.90 Å². The first kappa shape index (κ1) is 13.7. The number of hydrogen-bond donors (Lipinski definition) is 0. The molecule has 0 amide bonds. The Morgan fingerprint density at radius 2 is 1.78 bits per heavy atom. The van der Waals surface area contributed by atoms with E-state index in [4.69, 9.17) is 11.6 Å². The number of hydrogen-bond acceptors (Lipinski definition) is 2. The number of piperazine rings is 1. The van der Waals surface area contributed by atoms with E-state index in [0.29, 0.717) is 13.1 Å². The Bertz CT molecular complexity index is 379. The Morgan fingerprint density at radius 3 is 2.39 bits per heavy atom. The van der Waals surface area contributed by atoms with Crippen LogP contribution in [0.15, 0.2) is 24.3 Å². The molecule has 1 aromatic rings. The van der Waals surface area contributed by atoms with E-state index in [1.807, 2.05) is 29.2 Å². The zero-order valence-corrected chi connectivity index (χ0v) is 10.9. The first-order valence-electron chi connectivity index (χ1n) is 6.11. The van der Waals surface area contributed by atoms with Crippen LogP contribution in [0, 0.1) is 0 Å². The quantitative estimate of drug-likeness (QED) is 0.833. The number of alkyl halides is 2. The standard InChI is InChI=1S/C13H17ClF2N2/c14-12-3-1-2-11(8-12)9-17-4-6-18(7-5-17)10-13(15)16/h1-3,8,13H,4-7,9-10H2. The summed E-state index contributed by atoms with van der Waals surface area (Å²) in [6, 6.07) is 7.78. The van der Waals surface area contributed by atoms with Crippen LogP contribution in [0.3, 0.4) is 0 Å². The highest BCUT2D eigenvalue weighted by Gasteiger charge is 2.19. The number of rotatable bonds is 4. The van der Waals surface area contributed by atoms with E-state index in [-0.39, 0.29) is 6.54 Å². The lowest BCUT2D eigenvalue weighted by molar-refractivity contribution is 0.0543. The molecule has 2 nitrogen and oxygen atoms in total. The maximum Gasteiger partial charge on any atom is 0.251 e. The lowest BCUT2D eigenvalue weighted by Gasteiger charge is -2.34. The summed E-state index contributed by atoms with van der Waals surface area (Å²) in [4.78, 5) is 4.09. The van der Waals surface area contributed by atoms with Crippen molar-refractivity contribution in [2.75, 3.05) is 32.7 Å². The van der Waals surface area contributed by atoms with Crippen molar-refractivity contribution in [1.29, 1.82) is 0 Å². The van der Waals surface area contributed by atoms with Crippen molar-refractivity contribution >= 4 is 11.6 Å². The van der Waals surface area contributed by atoms with Crippen LogP contribution in [0.4, 0.5) is 8.78 Å². The molecule has 0 aliphatic carbocycles. The minimum absolute atomic E-state index is 0.106. The van der Waals surface area contributed by atoms with Gasteiger partial charge in [-0.15, -0.1) is 0 Å². The fourth-order valence-electron chi connectivity index (χ4n) is 2.22. The molecule has 0 N–H and O–H groups in total. The maximum atomic E-state index is 12.2. The molecular formula is C13H17ClF2N2. The number of benzene rings is 1. The topological polar surface area (TPSA) is 6.48 Å². The van der Waals surface area contributed by atoms with Crippen molar-refractivity contribution in [2.45, 2.75) is 13.0 Å². The highest BCUT2D eigenvalue weighted by Crippen LogP contribution is 2.14. The summed E-state index contributed by atoms with van der Waals surface area (Å²) in [5.74, 6) is 0. The molecular weight excluding hydrogens is 258 g/mol. The van der Waals surface area contributed by atoms with Gasteiger partial charge in [-0.1, -0.05) is 23.7 Å². The molecule has 0 bridgehead atoms. The zero-order valence-electron chi connectivity index (χ0n) is 10.2. The summed E-state index contributed by atoms with van der Waals surface area (Å²) in [7, 11) is 0. The monoisotopic (exact) mass is 274 g/mol. The van der Waals surface area contributed by atoms with Crippen LogP contribution in [-0.4, -0.2) is 48.9 Å². The second-order valence-corrected chi connectivity index (χ2v) is 5.03. The molecule has 0 atom stereocenters. The maximum absolute atomic E-state index is 12.2. The van der Waals surface area contributed by atoms with Gasteiger partial charge < -0.3 is 0 Å². The molecule has 1 aliphatic rings. The van der Waals surface area contributed by atoms with Crippen molar-refractivity contribution in [1.82, 2.24) is 9.80 Å². The molecule has 100 valence electrons. The summed E-state index contributed by atoms with van der Waals surface area (Å²) in [5.41, 5.74) is 1.17. The number of nitrogens with zero attached hydrogens (tertiary/aromatic N) is 2. The first-order chi connectivity index (χ1) is 8.63. The van der Waals surface area contributed by atoms with Crippen LogP contribution in [0.5, 0.6) is 0 Å². The average Bonchev–Trinajstić information content (AvgIpc) is 2.31. The van der Waals surface area contributed by atoms with Gasteiger partial charge in [-0.25, -0.2) is 8.78 Å². The highest BCUT2D eigenvalue weighted by molar-refractivity contribution is 6.30. The third kappa shape index (κ3) is 4.19. The largest absolute Gasteiger partial charge is 0.297 e. The van der Waals surface area contributed by atoms with Crippen molar-refractivity contribution in [3.63, 3.8) is 0 Å². The Morgan fingerprint density at radius 1 is 1.11 bits per heavy atom. The Balaban J connectivity index is 1.80. The Hall–Kier alpha value is -0.710. The fourth-order valence-corrected chi connectivity index (χ4v) is 2.43. The highest BCUT2D eigenvalue weighted by atomic mass is 35.5. The van der Waals surface area contributed by atoms with E-state index in [1.165, 1.54) is 5.56 Å². The molecule has 2 rings (SSSR count). The lowest BCUT2D eigenvalue weighted by atomic mass is 10.2. The molecule has 1 fully saturated rings. The SMILES string of the molecule is FC(F)CN1CCN(Cc2cccc(Cl)c2)CC1. The molecule has 1 aromatic carbocycles. The molecule has 0 unspecified atom stereocenters. The van der Waals surface area contributed by atoms with Gasteiger partial charge in [0.2, 0.25) is 0 Å². The van der Waals surface area contributed by atoms with E-state index < -0.39 is 6.43 Å². The Labute approximate surface area is 111 Å². The molecule has 0 saturated carbocycles. The molecule has 5 heteroatoms. The summed E-state index contributed by atoms with van der Waals surface area (Å²) in [5, 5.41) is 0.740. The van der Waals surface area contributed by atoms with Gasteiger partial charge in [-0.2, -0.15) is 0 Å².